The molecule has 10 heteroatoms. The quantitative estimate of drug-likeness (QED) is 0.146. The number of Topliss-reactive ketones (excluding diaryl/α,β-unsaturated/α-hetero) is 1. The van der Waals surface area contributed by atoms with Crippen molar-refractivity contribution < 1.29 is 18.7 Å². The summed E-state index contributed by atoms with van der Waals surface area (Å²) in [7, 11) is 0. The number of nitrogens with zero attached hydrogens (tertiary/aromatic N) is 5. The van der Waals surface area contributed by atoms with Gasteiger partial charge in [0.15, 0.2) is 17.3 Å². The molecule has 0 saturated heterocycles. The Morgan fingerprint density at radius 2 is 1.82 bits per heavy atom. The number of fused-ring (bicyclic) bond motifs is 2. The van der Waals surface area contributed by atoms with Crippen LogP contribution in [0.5, 0.6) is 0 Å². The molecule has 2 aromatic carbocycles. The fourth-order valence-electron chi connectivity index (χ4n) is 6.70. The minimum Gasteiger partial charge on any atom is -0.443 e. The average Bonchev–Trinajstić information content (AvgIpc) is 3.51. The number of benzene rings is 2. The zero-order valence-electron chi connectivity index (χ0n) is 30.4. The summed E-state index contributed by atoms with van der Waals surface area (Å²) in [6.45, 7) is 15.4. The number of pyridine rings is 1. The molecule has 5 aromatic rings. The maximum atomic E-state index is 14.3. The van der Waals surface area contributed by atoms with Crippen LogP contribution in [0.15, 0.2) is 79.4 Å². The maximum absolute atomic E-state index is 14.3. The lowest BCUT2D eigenvalue weighted by molar-refractivity contribution is -0.116. The van der Waals surface area contributed by atoms with Crippen LogP contribution in [0, 0.1) is 5.92 Å². The zero-order valence-corrected chi connectivity index (χ0v) is 30.4. The third-order valence-corrected chi connectivity index (χ3v) is 9.46. The number of ether oxygens (including phenoxy) is 1. The number of aromatic nitrogens is 4. The molecular formula is C41H47FN6O3. The molecular weight excluding hydrogens is 643 g/mol. The Kier molecular flexibility index (Phi) is 10.2. The second-order valence-corrected chi connectivity index (χ2v) is 15.0. The minimum absolute atomic E-state index is 0.0760. The summed E-state index contributed by atoms with van der Waals surface area (Å²) in [5, 5.41) is 10.2. The third-order valence-electron chi connectivity index (χ3n) is 9.46. The summed E-state index contributed by atoms with van der Waals surface area (Å²) < 4.78 is 21.2. The molecule has 0 aliphatic heterocycles. The first-order valence-corrected chi connectivity index (χ1v) is 17.8. The smallest absolute Gasteiger partial charge is 0.416 e. The highest BCUT2D eigenvalue weighted by atomic mass is 19.1. The number of rotatable bonds is 10. The first-order chi connectivity index (χ1) is 24.3. The molecule has 9 nitrogen and oxygen atoms in total. The highest BCUT2D eigenvalue weighted by Gasteiger charge is 2.29. The van der Waals surface area contributed by atoms with Crippen molar-refractivity contribution >= 4 is 39.9 Å². The van der Waals surface area contributed by atoms with Gasteiger partial charge in [-0.25, -0.2) is 14.2 Å². The van der Waals surface area contributed by atoms with E-state index in [0.29, 0.717) is 28.8 Å². The molecule has 0 radical (unpaired) electrons. The van der Waals surface area contributed by atoms with Crippen molar-refractivity contribution in [3.05, 3.63) is 96.1 Å². The molecule has 1 N–H and O–H groups in total. The predicted octanol–water partition coefficient (Wildman–Crippen LogP) is 9.59. The molecule has 0 atom stereocenters. The monoisotopic (exact) mass is 690 g/mol. The number of nitrogens with one attached hydrogen (secondary N) is 1. The van der Waals surface area contributed by atoms with Gasteiger partial charge in [-0.1, -0.05) is 69.8 Å². The van der Waals surface area contributed by atoms with Crippen molar-refractivity contribution in [3.63, 3.8) is 0 Å². The third kappa shape index (κ3) is 8.11. The number of carbonyl (C=O) groups is 2. The molecule has 1 saturated carbocycles. The van der Waals surface area contributed by atoms with E-state index in [0.717, 1.165) is 58.8 Å². The van der Waals surface area contributed by atoms with Gasteiger partial charge in [-0.3, -0.25) is 14.7 Å². The summed E-state index contributed by atoms with van der Waals surface area (Å²) in [5.41, 5.74) is 4.00. The lowest BCUT2D eigenvalue weighted by Crippen LogP contribution is -2.38. The van der Waals surface area contributed by atoms with Gasteiger partial charge in [0.2, 0.25) is 0 Å². The number of halogens is 1. The van der Waals surface area contributed by atoms with Gasteiger partial charge in [0.05, 0.1) is 18.4 Å². The molecule has 6 rings (SSSR count). The van der Waals surface area contributed by atoms with Crippen molar-refractivity contribution in [1.82, 2.24) is 19.6 Å². The summed E-state index contributed by atoms with van der Waals surface area (Å²) >= 11 is 0. The Bertz CT molecular complexity index is 2090. The number of anilines is 2. The Morgan fingerprint density at radius 1 is 1.08 bits per heavy atom. The highest BCUT2D eigenvalue weighted by Crippen LogP contribution is 2.34. The van der Waals surface area contributed by atoms with Gasteiger partial charge >= 0.3 is 6.09 Å². The van der Waals surface area contributed by atoms with Crippen LogP contribution >= 0.6 is 0 Å². The van der Waals surface area contributed by atoms with Crippen LogP contribution in [0.25, 0.3) is 27.7 Å². The van der Waals surface area contributed by atoms with Crippen molar-refractivity contribution in [2.45, 2.75) is 97.8 Å². The van der Waals surface area contributed by atoms with E-state index in [1.807, 2.05) is 81.6 Å². The van der Waals surface area contributed by atoms with Crippen molar-refractivity contribution in [2.75, 3.05) is 10.2 Å². The van der Waals surface area contributed by atoms with Crippen LogP contribution in [0.1, 0.15) is 89.8 Å². The number of hydrogen-bond acceptors (Lipinski definition) is 7. The average molecular weight is 691 g/mol. The first-order valence-electron chi connectivity index (χ1n) is 17.8. The lowest BCUT2D eigenvalue weighted by Gasteiger charge is -2.30. The molecule has 266 valence electrons. The Morgan fingerprint density at radius 3 is 2.53 bits per heavy atom. The van der Waals surface area contributed by atoms with E-state index >= 15 is 0 Å². The van der Waals surface area contributed by atoms with E-state index in [2.05, 4.69) is 32.7 Å². The number of carbonyl (C=O) groups excluding carboxylic acids is 2. The molecule has 0 bridgehead atoms. The minimum atomic E-state index is -0.956. The van der Waals surface area contributed by atoms with E-state index in [1.54, 1.807) is 15.6 Å². The molecule has 1 aliphatic rings. The SMILES string of the molecule is C=C(F)C(=O)Cc1ccc2c(-c3ccccc3CN(C(=O)OC(C)(C)C)c3cc(NC4CCC(C)CC4)nc4c(C(C)C)cnn34)nccc2c1. The van der Waals surface area contributed by atoms with Gasteiger partial charge in [0.1, 0.15) is 17.2 Å². The van der Waals surface area contributed by atoms with Gasteiger partial charge in [-0.15, -0.1) is 0 Å². The standard InChI is InChI=1S/C41H47FN6O3/c1-25(2)34-23-44-48-37(22-36(46-39(34)48)45-31-15-12-26(3)13-16-31)47(40(50)51-41(5,6)7)24-30-10-8-9-11-32(30)38-33-17-14-28(21-35(49)27(4)42)20-29(33)18-19-43-38/h8-11,14,17-20,22-23,25-26,31H,4,12-13,15-16,21,24H2,1-3,5-7H3,(H,45,46). The van der Waals surface area contributed by atoms with Crippen LogP contribution in [-0.2, 0) is 22.5 Å². The predicted molar refractivity (Wildman–Crippen MR) is 201 cm³/mol. The zero-order chi connectivity index (χ0) is 36.4. The molecule has 1 fully saturated rings. The number of amides is 1. The van der Waals surface area contributed by atoms with Gasteiger partial charge in [0.25, 0.3) is 0 Å². The van der Waals surface area contributed by atoms with Crippen molar-refractivity contribution in [3.8, 4) is 11.3 Å². The van der Waals surface area contributed by atoms with Gasteiger partial charge in [-0.2, -0.15) is 9.61 Å². The van der Waals surface area contributed by atoms with E-state index in [4.69, 9.17) is 19.8 Å². The molecule has 1 aliphatic carbocycles. The summed E-state index contributed by atoms with van der Waals surface area (Å²) in [5.74, 6) is 0.507. The van der Waals surface area contributed by atoms with Crippen LogP contribution in [0.4, 0.5) is 20.8 Å². The molecule has 1 amide bonds. The van der Waals surface area contributed by atoms with Crippen LogP contribution in [0.2, 0.25) is 0 Å². The lowest BCUT2D eigenvalue weighted by atomic mass is 9.87. The Labute approximate surface area is 298 Å². The second kappa shape index (κ2) is 14.6. The molecule has 3 heterocycles. The molecule has 0 unspecified atom stereocenters. The van der Waals surface area contributed by atoms with Crippen molar-refractivity contribution in [2.24, 2.45) is 5.92 Å². The summed E-state index contributed by atoms with van der Waals surface area (Å²) in [6, 6.07) is 17.5. The molecule has 3 aromatic heterocycles. The Balaban J connectivity index is 1.45. The van der Waals surface area contributed by atoms with E-state index < -0.39 is 23.3 Å². The van der Waals surface area contributed by atoms with Crippen LogP contribution in [-0.4, -0.2) is 43.1 Å². The van der Waals surface area contributed by atoms with Gasteiger partial charge in [-0.05, 0) is 80.9 Å². The number of ketones is 1. The molecule has 51 heavy (non-hydrogen) atoms. The fraction of sp³-hybridized carbons (Fsp3) is 0.390. The van der Waals surface area contributed by atoms with E-state index in [1.165, 1.54) is 0 Å². The van der Waals surface area contributed by atoms with Gasteiger partial charge < -0.3 is 10.1 Å². The first kappa shape index (κ1) is 35.7. The normalized spacial score (nSPS) is 16.4. The Hall–Kier alpha value is -5.12. The van der Waals surface area contributed by atoms with Crippen LogP contribution < -0.4 is 10.2 Å². The van der Waals surface area contributed by atoms with E-state index in [-0.39, 0.29) is 24.9 Å². The fourth-order valence-corrected chi connectivity index (χ4v) is 6.70. The van der Waals surface area contributed by atoms with E-state index in [9.17, 15) is 14.0 Å². The topological polar surface area (TPSA) is 102 Å². The molecule has 0 spiro atoms. The van der Waals surface area contributed by atoms with Crippen molar-refractivity contribution in [1.29, 1.82) is 0 Å². The summed E-state index contributed by atoms with van der Waals surface area (Å²) in [4.78, 5) is 37.8. The van der Waals surface area contributed by atoms with Gasteiger partial charge in [0, 0.05) is 41.2 Å². The highest BCUT2D eigenvalue weighted by molar-refractivity contribution is 5.98. The largest absolute Gasteiger partial charge is 0.443 e. The number of allylic oxidation sites excluding steroid dienone is 1. The second-order valence-electron chi connectivity index (χ2n) is 15.0. The number of hydrogen-bond donors (Lipinski definition) is 1. The maximum Gasteiger partial charge on any atom is 0.416 e. The summed E-state index contributed by atoms with van der Waals surface area (Å²) in [6.07, 6.45) is 7.39. The van der Waals surface area contributed by atoms with Crippen LogP contribution in [0.3, 0.4) is 0 Å².